The van der Waals surface area contributed by atoms with E-state index in [1.54, 1.807) is 6.08 Å². The van der Waals surface area contributed by atoms with Gasteiger partial charge in [-0.15, -0.1) is 0 Å². The zero-order valence-electron chi connectivity index (χ0n) is 16.5. The fourth-order valence-electron chi connectivity index (χ4n) is 4.49. The van der Waals surface area contributed by atoms with Gasteiger partial charge in [0.05, 0.1) is 6.04 Å². The van der Waals surface area contributed by atoms with Gasteiger partial charge in [0, 0.05) is 24.4 Å². The molecule has 0 radical (unpaired) electrons. The van der Waals surface area contributed by atoms with Gasteiger partial charge in [-0.05, 0) is 49.8 Å². The third-order valence-electron chi connectivity index (χ3n) is 6.39. The number of hydrogen-bond donors (Lipinski definition) is 2. The second kappa shape index (κ2) is 8.91. The summed E-state index contributed by atoms with van der Waals surface area (Å²) in [5, 5.41) is 6.51. The molecule has 2 amide bonds. The highest BCUT2D eigenvalue weighted by atomic mass is 16.2. The molecule has 0 aromatic heterocycles. The lowest BCUT2D eigenvalue weighted by atomic mass is 9.80. The number of nitrogens with zero attached hydrogens (tertiary/aromatic N) is 1. The predicted molar refractivity (Wildman–Crippen MR) is 111 cm³/mol. The van der Waals surface area contributed by atoms with Crippen LogP contribution >= 0.6 is 0 Å². The smallest absolute Gasteiger partial charge is 0.250 e. The molecule has 0 spiro atoms. The fourth-order valence-corrected chi connectivity index (χ4v) is 4.49. The Labute approximate surface area is 167 Å². The first kappa shape index (κ1) is 19.2. The van der Waals surface area contributed by atoms with Crippen molar-refractivity contribution in [2.45, 2.75) is 63.5 Å². The summed E-state index contributed by atoms with van der Waals surface area (Å²) in [7, 11) is 0. The molecule has 4 rings (SSSR count). The number of carbonyl (C=O) groups is 2. The number of benzene rings is 1. The Morgan fingerprint density at radius 2 is 2.04 bits per heavy atom. The molecular weight excluding hydrogens is 350 g/mol. The van der Waals surface area contributed by atoms with E-state index in [9.17, 15) is 9.59 Å². The van der Waals surface area contributed by atoms with Crippen molar-refractivity contribution in [3.8, 4) is 0 Å². The normalized spacial score (nSPS) is 23.3. The lowest BCUT2D eigenvalue weighted by Gasteiger charge is -2.30. The van der Waals surface area contributed by atoms with Crippen LogP contribution in [0.5, 0.6) is 0 Å². The summed E-state index contributed by atoms with van der Waals surface area (Å²) in [6, 6.07) is 7.94. The van der Waals surface area contributed by atoms with E-state index < -0.39 is 0 Å². The molecule has 0 bridgehead atoms. The SMILES string of the molecule is O=C(NC(C=CC(=O)N1CCc2ccccc21)CC1CCC1)C1CCCCN1. The summed E-state index contributed by atoms with van der Waals surface area (Å²) >= 11 is 0. The molecule has 1 aromatic carbocycles. The van der Waals surface area contributed by atoms with E-state index in [0.29, 0.717) is 5.92 Å². The number of rotatable bonds is 6. The monoisotopic (exact) mass is 381 g/mol. The summed E-state index contributed by atoms with van der Waals surface area (Å²) < 4.78 is 0. The summed E-state index contributed by atoms with van der Waals surface area (Å²) in [4.78, 5) is 27.3. The van der Waals surface area contributed by atoms with Crippen LogP contribution < -0.4 is 15.5 Å². The Bertz CT molecular complexity index is 735. The Morgan fingerprint density at radius 1 is 1.18 bits per heavy atom. The van der Waals surface area contributed by atoms with Gasteiger partial charge in [0.15, 0.2) is 0 Å². The van der Waals surface area contributed by atoms with Gasteiger partial charge in [-0.25, -0.2) is 0 Å². The van der Waals surface area contributed by atoms with E-state index in [2.05, 4.69) is 16.7 Å². The predicted octanol–water partition coefficient (Wildman–Crippen LogP) is 2.95. The number of hydrogen-bond acceptors (Lipinski definition) is 3. The Morgan fingerprint density at radius 3 is 2.79 bits per heavy atom. The van der Waals surface area contributed by atoms with Crippen molar-refractivity contribution >= 4 is 17.5 Å². The first-order chi connectivity index (χ1) is 13.7. The third kappa shape index (κ3) is 4.46. The number of fused-ring (bicyclic) bond motifs is 1. The van der Waals surface area contributed by atoms with Crippen molar-refractivity contribution in [1.29, 1.82) is 0 Å². The molecule has 2 unspecified atom stereocenters. The first-order valence-corrected chi connectivity index (χ1v) is 10.8. The van der Waals surface area contributed by atoms with Crippen LogP contribution in [0.4, 0.5) is 5.69 Å². The number of carbonyl (C=O) groups excluding carboxylic acids is 2. The number of anilines is 1. The van der Waals surface area contributed by atoms with E-state index in [0.717, 1.165) is 50.9 Å². The van der Waals surface area contributed by atoms with Crippen molar-refractivity contribution in [2.75, 3.05) is 18.0 Å². The molecule has 3 aliphatic rings. The molecule has 2 heterocycles. The zero-order valence-corrected chi connectivity index (χ0v) is 16.5. The molecule has 5 nitrogen and oxygen atoms in total. The average molecular weight is 382 g/mol. The second-order valence-electron chi connectivity index (χ2n) is 8.38. The lowest BCUT2D eigenvalue weighted by molar-refractivity contribution is -0.124. The number of amides is 2. The van der Waals surface area contributed by atoms with Crippen molar-refractivity contribution in [3.05, 3.63) is 42.0 Å². The minimum absolute atomic E-state index is 0.00796. The van der Waals surface area contributed by atoms with E-state index >= 15 is 0 Å². The van der Waals surface area contributed by atoms with Crippen LogP contribution in [-0.4, -0.2) is 37.0 Å². The number of para-hydroxylation sites is 1. The van der Waals surface area contributed by atoms with Crippen LogP contribution in [0.2, 0.25) is 0 Å². The standard InChI is InChI=1S/C23H31N3O2/c27-22(26-15-13-18-8-1-2-10-21(18)26)12-11-19(16-17-6-5-7-17)25-23(28)20-9-3-4-14-24-20/h1-2,8,10-12,17,19-20,24H,3-7,9,13-16H2,(H,25,28). The van der Waals surface area contributed by atoms with Gasteiger partial charge in [0.1, 0.15) is 0 Å². The Hall–Kier alpha value is -2.14. The van der Waals surface area contributed by atoms with E-state index in [-0.39, 0.29) is 23.9 Å². The van der Waals surface area contributed by atoms with Gasteiger partial charge in [-0.2, -0.15) is 0 Å². The summed E-state index contributed by atoms with van der Waals surface area (Å²) in [6.45, 7) is 1.64. The van der Waals surface area contributed by atoms with Crippen LogP contribution in [0.15, 0.2) is 36.4 Å². The second-order valence-corrected chi connectivity index (χ2v) is 8.38. The quantitative estimate of drug-likeness (QED) is 0.745. The minimum atomic E-state index is -0.0906. The highest BCUT2D eigenvalue weighted by molar-refractivity contribution is 6.03. The molecule has 1 saturated heterocycles. The van der Waals surface area contributed by atoms with Crippen molar-refractivity contribution in [2.24, 2.45) is 5.92 Å². The van der Waals surface area contributed by atoms with E-state index in [1.807, 2.05) is 29.2 Å². The highest BCUT2D eigenvalue weighted by Crippen LogP contribution is 2.31. The van der Waals surface area contributed by atoms with Gasteiger partial charge < -0.3 is 15.5 Å². The van der Waals surface area contributed by atoms with E-state index in [4.69, 9.17) is 0 Å². The molecule has 1 aromatic rings. The van der Waals surface area contributed by atoms with Gasteiger partial charge in [-0.3, -0.25) is 9.59 Å². The minimum Gasteiger partial charge on any atom is -0.349 e. The number of nitrogens with one attached hydrogen (secondary N) is 2. The Balaban J connectivity index is 1.39. The zero-order chi connectivity index (χ0) is 19.3. The van der Waals surface area contributed by atoms with Gasteiger partial charge >= 0.3 is 0 Å². The molecule has 2 atom stereocenters. The molecule has 2 aliphatic heterocycles. The summed E-state index contributed by atoms with van der Waals surface area (Å²) in [5.41, 5.74) is 2.25. The fraction of sp³-hybridized carbons (Fsp3) is 0.565. The molecule has 2 N–H and O–H groups in total. The topological polar surface area (TPSA) is 61.4 Å². The maximum atomic E-state index is 12.8. The molecule has 2 fully saturated rings. The third-order valence-corrected chi connectivity index (χ3v) is 6.39. The van der Waals surface area contributed by atoms with Gasteiger partial charge in [-0.1, -0.05) is 50.0 Å². The van der Waals surface area contributed by atoms with Crippen LogP contribution in [0, 0.1) is 5.92 Å². The van der Waals surface area contributed by atoms with Crippen molar-refractivity contribution in [3.63, 3.8) is 0 Å². The van der Waals surface area contributed by atoms with Gasteiger partial charge in [0.2, 0.25) is 5.91 Å². The maximum absolute atomic E-state index is 12.8. The van der Waals surface area contributed by atoms with Crippen LogP contribution in [-0.2, 0) is 16.0 Å². The maximum Gasteiger partial charge on any atom is 0.250 e. The molecular formula is C23H31N3O2. The largest absolute Gasteiger partial charge is 0.349 e. The molecule has 1 saturated carbocycles. The molecule has 28 heavy (non-hydrogen) atoms. The molecule has 5 heteroatoms. The van der Waals surface area contributed by atoms with Crippen LogP contribution in [0.1, 0.15) is 50.5 Å². The van der Waals surface area contributed by atoms with Crippen LogP contribution in [0.3, 0.4) is 0 Å². The molecule has 1 aliphatic carbocycles. The first-order valence-electron chi connectivity index (χ1n) is 10.8. The number of piperidine rings is 1. The lowest BCUT2D eigenvalue weighted by Crippen LogP contribution is -2.49. The van der Waals surface area contributed by atoms with Gasteiger partial charge in [0.25, 0.3) is 5.91 Å². The summed E-state index contributed by atoms with van der Waals surface area (Å²) in [5.74, 6) is 0.748. The van der Waals surface area contributed by atoms with E-state index in [1.165, 1.54) is 24.8 Å². The Kier molecular flexibility index (Phi) is 6.10. The average Bonchev–Trinajstić information content (AvgIpc) is 3.13. The summed E-state index contributed by atoms with van der Waals surface area (Å²) in [6.07, 6.45) is 12.3. The van der Waals surface area contributed by atoms with Crippen molar-refractivity contribution in [1.82, 2.24) is 10.6 Å². The molecule has 150 valence electrons. The van der Waals surface area contributed by atoms with Crippen LogP contribution in [0.25, 0.3) is 0 Å². The highest BCUT2D eigenvalue weighted by Gasteiger charge is 2.27. The van der Waals surface area contributed by atoms with Crippen molar-refractivity contribution < 1.29 is 9.59 Å².